The molecular weight excluding hydrogens is 358 g/mol. The molecule has 7 nitrogen and oxygen atoms in total. The summed E-state index contributed by atoms with van der Waals surface area (Å²) in [5.41, 5.74) is -0.0592. The Balaban J connectivity index is 1.71. The highest BCUT2D eigenvalue weighted by atomic mass is 16.2. The molecule has 2 aliphatic rings. The van der Waals surface area contributed by atoms with Gasteiger partial charge in [0.25, 0.3) is 5.91 Å². The summed E-state index contributed by atoms with van der Waals surface area (Å²) in [5.74, 6) is -0.619. The van der Waals surface area contributed by atoms with E-state index in [2.05, 4.69) is 31.4 Å². The van der Waals surface area contributed by atoms with Gasteiger partial charge in [-0.15, -0.1) is 0 Å². The Morgan fingerprint density at radius 3 is 2.61 bits per heavy atom. The van der Waals surface area contributed by atoms with Crippen molar-refractivity contribution in [2.75, 3.05) is 11.9 Å². The Morgan fingerprint density at radius 1 is 1.25 bits per heavy atom. The molecular formula is C21H27N3O4. The standard InChI is InChI=1S/C21H27N3O4/c1-13-9-20(3,4)12-21(10-13)18(27)24(19(28)23-21)11-17(26)22-16-7-5-6-15(8-16)14(2)25/h5-8,13H,9-12H2,1-4H3,(H,22,26)(H,23,28)/t13-,21-/m1/s1. The summed E-state index contributed by atoms with van der Waals surface area (Å²) in [6.07, 6.45) is 2.14. The Hall–Kier alpha value is -2.70. The number of hydrogen-bond acceptors (Lipinski definition) is 4. The fraction of sp³-hybridized carbons (Fsp3) is 0.524. The molecule has 2 atom stereocenters. The van der Waals surface area contributed by atoms with Crippen molar-refractivity contribution in [2.24, 2.45) is 11.3 Å². The maximum atomic E-state index is 13.1. The monoisotopic (exact) mass is 385 g/mol. The number of hydrogen-bond donors (Lipinski definition) is 2. The van der Waals surface area contributed by atoms with Crippen LogP contribution in [0.25, 0.3) is 0 Å². The third kappa shape index (κ3) is 3.93. The van der Waals surface area contributed by atoms with Crippen LogP contribution in [0.1, 0.15) is 57.3 Å². The molecule has 0 bridgehead atoms. The number of carbonyl (C=O) groups is 4. The first-order valence-electron chi connectivity index (χ1n) is 9.56. The molecule has 7 heteroatoms. The zero-order chi connectivity index (χ0) is 20.7. The number of urea groups is 1. The lowest BCUT2D eigenvalue weighted by atomic mass is 9.64. The van der Waals surface area contributed by atoms with Crippen molar-refractivity contribution < 1.29 is 19.2 Å². The van der Waals surface area contributed by atoms with Crippen molar-refractivity contribution in [1.29, 1.82) is 0 Å². The van der Waals surface area contributed by atoms with Gasteiger partial charge in [-0.1, -0.05) is 32.9 Å². The van der Waals surface area contributed by atoms with Crippen LogP contribution in [0.15, 0.2) is 24.3 Å². The summed E-state index contributed by atoms with van der Waals surface area (Å²) in [5, 5.41) is 5.52. The first-order chi connectivity index (χ1) is 13.0. The van der Waals surface area contributed by atoms with E-state index < -0.39 is 17.5 Å². The van der Waals surface area contributed by atoms with Gasteiger partial charge in [0.05, 0.1) is 0 Å². The highest BCUT2D eigenvalue weighted by molar-refractivity contribution is 6.10. The fourth-order valence-electron chi connectivity index (χ4n) is 4.81. The van der Waals surface area contributed by atoms with E-state index >= 15 is 0 Å². The third-order valence-electron chi connectivity index (χ3n) is 5.48. The van der Waals surface area contributed by atoms with Gasteiger partial charge in [-0.2, -0.15) is 0 Å². The highest BCUT2D eigenvalue weighted by Crippen LogP contribution is 2.46. The van der Waals surface area contributed by atoms with Crippen molar-refractivity contribution in [2.45, 2.75) is 52.5 Å². The van der Waals surface area contributed by atoms with Crippen molar-refractivity contribution in [1.82, 2.24) is 10.2 Å². The average molecular weight is 385 g/mol. The molecule has 1 saturated carbocycles. The number of benzene rings is 1. The minimum atomic E-state index is -0.924. The molecule has 1 aliphatic carbocycles. The van der Waals surface area contributed by atoms with Crippen molar-refractivity contribution >= 4 is 29.3 Å². The molecule has 2 fully saturated rings. The van der Waals surface area contributed by atoms with Crippen LogP contribution in [0, 0.1) is 11.3 Å². The SMILES string of the molecule is CC(=O)c1cccc(NC(=O)CN2C(=O)N[C@@]3(C[C@H](C)CC(C)(C)C3)C2=O)c1. The number of rotatable bonds is 4. The molecule has 28 heavy (non-hydrogen) atoms. The molecule has 1 aromatic rings. The Kier molecular flexibility index (Phi) is 5.04. The molecule has 3 rings (SSSR count). The van der Waals surface area contributed by atoms with Crippen LogP contribution in [0.3, 0.4) is 0 Å². The van der Waals surface area contributed by atoms with Gasteiger partial charge >= 0.3 is 6.03 Å². The van der Waals surface area contributed by atoms with E-state index in [0.717, 1.165) is 11.3 Å². The second-order valence-electron chi connectivity index (χ2n) is 8.94. The van der Waals surface area contributed by atoms with Crippen LogP contribution in [-0.4, -0.2) is 40.6 Å². The molecule has 0 unspecified atom stereocenters. The molecule has 1 heterocycles. The molecule has 1 spiro atoms. The molecule has 1 saturated heterocycles. The van der Waals surface area contributed by atoms with Crippen LogP contribution in [0.5, 0.6) is 0 Å². The first-order valence-corrected chi connectivity index (χ1v) is 9.56. The molecule has 1 aromatic carbocycles. The minimum Gasteiger partial charge on any atom is -0.325 e. The van der Waals surface area contributed by atoms with Crippen LogP contribution in [0.4, 0.5) is 10.5 Å². The van der Waals surface area contributed by atoms with Gasteiger partial charge in [-0.3, -0.25) is 19.3 Å². The van der Waals surface area contributed by atoms with E-state index in [9.17, 15) is 19.2 Å². The van der Waals surface area contributed by atoms with Gasteiger partial charge in [0, 0.05) is 11.3 Å². The largest absolute Gasteiger partial charge is 0.325 e. The van der Waals surface area contributed by atoms with Gasteiger partial charge in [0.15, 0.2) is 5.78 Å². The quantitative estimate of drug-likeness (QED) is 0.615. The van der Waals surface area contributed by atoms with Gasteiger partial charge in [0.2, 0.25) is 5.91 Å². The lowest BCUT2D eigenvalue weighted by Gasteiger charge is -2.43. The summed E-state index contributed by atoms with van der Waals surface area (Å²) < 4.78 is 0. The molecule has 0 aromatic heterocycles. The lowest BCUT2D eigenvalue weighted by Crippen LogP contribution is -2.54. The van der Waals surface area contributed by atoms with Gasteiger partial charge in [-0.05, 0) is 49.7 Å². The number of Topliss-reactive ketones (excluding diaryl/α,β-unsaturated/α-hetero) is 1. The predicted octanol–water partition coefficient (Wildman–Crippen LogP) is 2.96. The van der Waals surface area contributed by atoms with E-state index in [1.165, 1.54) is 6.92 Å². The van der Waals surface area contributed by atoms with E-state index in [1.807, 2.05) is 0 Å². The number of imide groups is 1. The van der Waals surface area contributed by atoms with E-state index in [-0.39, 0.29) is 23.7 Å². The summed E-state index contributed by atoms with van der Waals surface area (Å²) in [6.45, 7) is 7.37. The zero-order valence-electron chi connectivity index (χ0n) is 16.8. The summed E-state index contributed by atoms with van der Waals surface area (Å²) in [4.78, 5) is 50.5. The second kappa shape index (κ2) is 7.04. The van der Waals surface area contributed by atoms with E-state index in [0.29, 0.717) is 30.0 Å². The number of nitrogens with one attached hydrogen (secondary N) is 2. The number of amides is 4. The van der Waals surface area contributed by atoms with Crippen molar-refractivity contribution in [3.8, 4) is 0 Å². The molecule has 1 aliphatic heterocycles. The summed E-state index contributed by atoms with van der Waals surface area (Å²) in [6, 6.07) is 6.02. The number of nitrogens with zero attached hydrogens (tertiary/aromatic N) is 1. The van der Waals surface area contributed by atoms with E-state index in [4.69, 9.17) is 0 Å². The summed E-state index contributed by atoms with van der Waals surface area (Å²) >= 11 is 0. The predicted molar refractivity (Wildman–Crippen MR) is 105 cm³/mol. The Bertz CT molecular complexity index is 848. The number of anilines is 1. The van der Waals surface area contributed by atoms with Crippen LogP contribution in [0.2, 0.25) is 0 Å². The maximum Gasteiger partial charge on any atom is 0.325 e. The fourth-order valence-corrected chi connectivity index (χ4v) is 4.81. The highest BCUT2D eigenvalue weighted by Gasteiger charge is 2.56. The van der Waals surface area contributed by atoms with Gasteiger partial charge in [0.1, 0.15) is 12.1 Å². The normalized spacial score (nSPS) is 26.3. The van der Waals surface area contributed by atoms with Crippen LogP contribution < -0.4 is 10.6 Å². The van der Waals surface area contributed by atoms with Crippen LogP contribution >= 0.6 is 0 Å². The zero-order valence-corrected chi connectivity index (χ0v) is 16.8. The van der Waals surface area contributed by atoms with Crippen LogP contribution in [-0.2, 0) is 9.59 Å². The minimum absolute atomic E-state index is 0.0635. The van der Waals surface area contributed by atoms with E-state index in [1.54, 1.807) is 24.3 Å². The summed E-state index contributed by atoms with van der Waals surface area (Å²) in [7, 11) is 0. The number of carbonyl (C=O) groups excluding carboxylic acids is 4. The Morgan fingerprint density at radius 2 is 1.96 bits per heavy atom. The lowest BCUT2D eigenvalue weighted by molar-refractivity contribution is -0.136. The molecule has 150 valence electrons. The first kappa shape index (κ1) is 20.0. The van der Waals surface area contributed by atoms with Gasteiger partial charge in [-0.25, -0.2) is 4.79 Å². The third-order valence-corrected chi connectivity index (χ3v) is 5.48. The maximum absolute atomic E-state index is 13.1. The topological polar surface area (TPSA) is 95.6 Å². The smallest absolute Gasteiger partial charge is 0.325 e. The van der Waals surface area contributed by atoms with Gasteiger partial charge < -0.3 is 10.6 Å². The van der Waals surface area contributed by atoms with Crippen molar-refractivity contribution in [3.63, 3.8) is 0 Å². The Labute approximate surface area is 164 Å². The average Bonchev–Trinajstić information content (AvgIpc) is 2.76. The molecule has 2 N–H and O–H groups in total. The second-order valence-corrected chi connectivity index (χ2v) is 8.94. The molecule has 0 radical (unpaired) electrons. The molecule has 4 amide bonds. The number of ketones is 1. The van der Waals surface area contributed by atoms with Crippen molar-refractivity contribution in [3.05, 3.63) is 29.8 Å².